The second-order valence-corrected chi connectivity index (χ2v) is 4.60. The Morgan fingerprint density at radius 1 is 1.67 bits per heavy atom. The van der Waals surface area contributed by atoms with Gasteiger partial charge in [-0.1, -0.05) is 0 Å². The van der Waals surface area contributed by atoms with Crippen LogP contribution in [0.1, 0.15) is 18.4 Å². The van der Waals surface area contributed by atoms with Crippen molar-refractivity contribution in [2.75, 3.05) is 13.7 Å². The highest BCUT2D eigenvalue weighted by molar-refractivity contribution is 7.07. The summed E-state index contributed by atoms with van der Waals surface area (Å²) in [5.41, 5.74) is 1.22. The highest BCUT2D eigenvalue weighted by atomic mass is 32.1. The molecular weight excluding hydrogens is 210 g/mol. The fourth-order valence-electron chi connectivity index (χ4n) is 1.59. The monoisotopic (exact) mass is 225 g/mol. The predicted octanol–water partition coefficient (Wildman–Crippen LogP) is 1.89. The molecule has 0 aromatic carbocycles. The highest BCUT2D eigenvalue weighted by Crippen LogP contribution is 2.28. The van der Waals surface area contributed by atoms with Gasteiger partial charge in [-0.15, -0.1) is 0 Å². The molecule has 0 radical (unpaired) electrons. The van der Waals surface area contributed by atoms with Crippen molar-refractivity contribution in [3.05, 3.63) is 22.4 Å². The minimum atomic E-state index is 0.103. The van der Waals surface area contributed by atoms with E-state index in [1.54, 1.807) is 18.4 Å². The Morgan fingerprint density at radius 2 is 2.47 bits per heavy atom. The number of carbonyl (C=O) groups is 1. The van der Waals surface area contributed by atoms with E-state index in [0.29, 0.717) is 6.04 Å². The number of nitrogens with zero attached hydrogens (tertiary/aromatic N) is 1. The SMILES string of the molecule is COCC(=O)N(Cc1ccsc1)C1CC1. The third-order valence-electron chi connectivity index (χ3n) is 2.51. The zero-order valence-corrected chi connectivity index (χ0v) is 9.63. The quantitative estimate of drug-likeness (QED) is 0.766. The zero-order valence-electron chi connectivity index (χ0n) is 8.81. The molecule has 1 aliphatic carbocycles. The molecule has 0 bridgehead atoms. The van der Waals surface area contributed by atoms with Crippen molar-refractivity contribution in [1.82, 2.24) is 4.90 Å². The number of hydrogen-bond donors (Lipinski definition) is 0. The van der Waals surface area contributed by atoms with Crippen LogP contribution in [-0.4, -0.2) is 30.6 Å². The summed E-state index contributed by atoms with van der Waals surface area (Å²) in [4.78, 5) is 13.7. The molecule has 15 heavy (non-hydrogen) atoms. The first-order chi connectivity index (χ1) is 7.31. The molecule has 1 aromatic rings. The van der Waals surface area contributed by atoms with Gasteiger partial charge >= 0.3 is 0 Å². The van der Waals surface area contributed by atoms with Gasteiger partial charge in [-0.05, 0) is 35.2 Å². The average Bonchev–Trinajstić information content (AvgIpc) is 2.93. The molecule has 0 unspecified atom stereocenters. The van der Waals surface area contributed by atoms with Crippen LogP contribution >= 0.6 is 11.3 Å². The molecule has 4 heteroatoms. The Hall–Kier alpha value is -0.870. The largest absolute Gasteiger partial charge is 0.375 e. The molecule has 0 spiro atoms. The van der Waals surface area contributed by atoms with Crippen molar-refractivity contribution in [2.45, 2.75) is 25.4 Å². The van der Waals surface area contributed by atoms with E-state index in [2.05, 4.69) is 11.4 Å². The lowest BCUT2D eigenvalue weighted by molar-refractivity contribution is -0.136. The second kappa shape index (κ2) is 4.77. The van der Waals surface area contributed by atoms with Crippen LogP contribution in [0, 0.1) is 0 Å². The van der Waals surface area contributed by atoms with Crippen molar-refractivity contribution >= 4 is 17.2 Å². The van der Waals surface area contributed by atoms with Gasteiger partial charge in [0.05, 0.1) is 0 Å². The summed E-state index contributed by atoms with van der Waals surface area (Å²) >= 11 is 1.67. The van der Waals surface area contributed by atoms with E-state index < -0.39 is 0 Å². The summed E-state index contributed by atoms with van der Waals surface area (Å²) in [5, 5.41) is 4.14. The standard InChI is InChI=1S/C11H15NO2S/c1-14-7-11(13)12(10-2-3-10)6-9-4-5-15-8-9/h4-5,8,10H,2-3,6-7H2,1H3. The minimum absolute atomic E-state index is 0.103. The molecule has 0 N–H and O–H groups in total. The van der Waals surface area contributed by atoms with Crippen molar-refractivity contribution < 1.29 is 9.53 Å². The summed E-state index contributed by atoms with van der Waals surface area (Å²) in [6, 6.07) is 2.52. The van der Waals surface area contributed by atoms with Gasteiger partial charge in [-0.2, -0.15) is 11.3 Å². The fourth-order valence-corrected chi connectivity index (χ4v) is 2.25. The summed E-state index contributed by atoms with van der Waals surface area (Å²) in [5.74, 6) is 0.103. The maximum atomic E-state index is 11.8. The lowest BCUT2D eigenvalue weighted by Crippen LogP contribution is -2.35. The van der Waals surface area contributed by atoms with Crippen molar-refractivity contribution in [3.8, 4) is 0 Å². The van der Waals surface area contributed by atoms with Gasteiger partial charge in [-0.3, -0.25) is 4.79 Å². The van der Waals surface area contributed by atoms with E-state index >= 15 is 0 Å². The molecule has 82 valence electrons. The van der Waals surface area contributed by atoms with Gasteiger partial charge in [0, 0.05) is 19.7 Å². The highest BCUT2D eigenvalue weighted by Gasteiger charge is 2.32. The Bertz CT molecular complexity index is 319. The smallest absolute Gasteiger partial charge is 0.249 e. The summed E-state index contributed by atoms with van der Waals surface area (Å²) < 4.78 is 4.89. The number of amides is 1. The Labute approximate surface area is 93.7 Å². The normalized spacial score (nSPS) is 15.3. The van der Waals surface area contributed by atoms with E-state index in [-0.39, 0.29) is 12.5 Å². The molecule has 0 atom stereocenters. The zero-order chi connectivity index (χ0) is 10.7. The van der Waals surface area contributed by atoms with E-state index in [4.69, 9.17) is 4.74 Å². The van der Waals surface area contributed by atoms with E-state index in [0.717, 1.165) is 19.4 Å². The van der Waals surface area contributed by atoms with E-state index in [9.17, 15) is 4.79 Å². The van der Waals surface area contributed by atoms with Crippen LogP contribution < -0.4 is 0 Å². The van der Waals surface area contributed by atoms with Gasteiger partial charge in [0.1, 0.15) is 6.61 Å². The molecule has 1 amide bonds. The lowest BCUT2D eigenvalue weighted by atomic mass is 10.3. The molecule has 1 heterocycles. The number of carbonyl (C=O) groups excluding carboxylic acids is 1. The predicted molar refractivity (Wildman–Crippen MR) is 59.8 cm³/mol. The number of methoxy groups -OCH3 is 1. The Balaban J connectivity index is 1.97. The molecule has 0 aliphatic heterocycles. The molecule has 1 fully saturated rings. The summed E-state index contributed by atoms with van der Waals surface area (Å²) in [6.07, 6.45) is 2.28. The first-order valence-corrected chi connectivity index (χ1v) is 6.05. The maximum absolute atomic E-state index is 11.8. The summed E-state index contributed by atoms with van der Waals surface area (Å²) in [7, 11) is 1.56. The van der Waals surface area contributed by atoms with Crippen molar-refractivity contribution in [3.63, 3.8) is 0 Å². The van der Waals surface area contributed by atoms with Crippen LogP contribution in [0.2, 0.25) is 0 Å². The van der Waals surface area contributed by atoms with Crippen molar-refractivity contribution in [1.29, 1.82) is 0 Å². The average molecular weight is 225 g/mol. The molecule has 1 saturated carbocycles. The van der Waals surface area contributed by atoms with Gasteiger partial charge < -0.3 is 9.64 Å². The maximum Gasteiger partial charge on any atom is 0.249 e. The number of hydrogen-bond acceptors (Lipinski definition) is 3. The topological polar surface area (TPSA) is 29.5 Å². The van der Waals surface area contributed by atoms with Gasteiger partial charge in [-0.25, -0.2) is 0 Å². The number of thiophene rings is 1. The number of rotatable bonds is 5. The van der Waals surface area contributed by atoms with Gasteiger partial charge in [0.25, 0.3) is 0 Å². The van der Waals surface area contributed by atoms with Crippen molar-refractivity contribution in [2.24, 2.45) is 0 Å². The molecule has 3 nitrogen and oxygen atoms in total. The fraction of sp³-hybridized carbons (Fsp3) is 0.545. The van der Waals surface area contributed by atoms with Crippen LogP contribution in [0.25, 0.3) is 0 Å². The van der Waals surface area contributed by atoms with Crippen LogP contribution in [0.5, 0.6) is 0 Å². The number of ether oxygens (including phenoxy) is 1. The third kappa shape index (κ3) is 2.79. The molecule has 1 aliphatic rings. The Morgan fingerprint density at radius 3 is 3.00 bits per heavy atom. The van der Waals surface area contributed by atoms with Crippen LogP contribution in [0.4, 0.5) is 0 Å². The van der Waals surface area contributed by atoms with E-state index in [1.807, 2.05) is 10.3 Å². The van der Waals surface area contributed by atoms with Gasteiger partial charge in [0.2, 0.25) is 5.91 Å². The molecule has 1 aromatic heterocycles. The van der Waals surface area contributed by atoms with Gasteiger partial charge in [0.15, 0.2) is 0 Å². The Kier molecular flexibility index (Phi) is 3.38. The molecule has 2 rings (SSSR count). The first-order valence-electron chi connectivity index (χ1n) is 5.10. The third-order valence-corrected chi connectivity index (χ3v) is 3.24. The lowest BCUT2D eigenvalue weighted by Gasteiger charge is -2.21. The summed E-state index contributed by atoms with van der Waals surface area (Å²) in [6.45, 7) is 0.928. The first kappa shape index (κ1) is 10.6. The second-order valence-electron chi connectivity index (χ2n) is 3.82. The van der Waals surface area contributed by atoms with Crippen LogP contribution in [-0.2, 0) is 16.1 Å². The molecular formula is C11H15NO2S. The molecule has 0 saturated heterocycles. The van der Waals surface area contributed by atoms with E-state index in [1.165, 1.54) is 5.56 Å². The van der Waals surface area contributed by atoms with Crippen LogP contribution in [0.15, 0.2) is 16.8 Å². The van der Waals surface area contributed by atoms with Crippen LogP contribution in [0.3, 0.4) is 0 Å². The minimum Gasteiger partial charge on any atom is -0.375 e.